The third kappa shape index (κ3) is 4.05. The van der Waals surface area contributed by atoms with Crippen LogP contribution in [0.15, 0.2) is 46.5 Å². The van der Waals surface area contributed by atoms with E-state index < -0.39 is 0 Å². The van der Waals surface area contributed by atoms with Gasteiger partial charge >= 0.3 is 0 Å². The van der Waals surface area contributed by atoms with Crippen LogP contribution in [0.2, 0.25) is 0 Å². The third-order valence-corrected chi connectivity index (χ3v) is 4.09. The van der Waals surface area contributed by atoms with Crippen LogP contribution >= 0.6 is 12.2 Å². The number of rotatable bonds is 7. The van der Waals surface area contributed by atoms with E-state index in [9.17, 15) is 4.79 Å². The van der Waals surface area contributed by atoms with Crippen LogP contribution in [0.1, 0.15) is 25.4 Å². The third-order valence-electron chi connectivity index (χ3n) is 3.76. The van der Waals surface area contributed by atoms with Gasteiger partial charge in [0.15, 0.2) is 5.11 Å². The molecule has 6 nitrogen and oxygen atoms in total. The topological polar surface area (TPSA) is 63.9 Å². The molecule has 1 fully saturated rings. The van der Waals surface area contributed by atoms with Crippen molar-refractivity contribution in [1.29, 1.82) is 0 Å². The van der Waals surface area contributed by atoms with Crippen molar-refractivity contribution < 1.29 is 18.7 Å². The zero-order valence-corrected chi connectivity index (χ0v) is 15.5. The minimum Gasteiger partial charge on any atom is -0.494 e. The molecule has 1 aromatic carbocycles. The maximum atomic E-state index is 12.2. The van der Waals surface area contributed by atoms with Crippen molar-refractivity contribution in [3.05, 3.63) is 53.6 Å². The van der Waals surface area contributed by atoms with Gasteiger partial charge in [-0.15, -0.1) is 0 Å². The predicted octanol–water partition coefficient (Wildman–Crippen LogP) is 3.33. The summed E-state index contributed by atoms with van der Waals surface area (Å²) in [4.78, 5) is 13.7. The van der Waals surface area contributed by atoms with Gasteiger partial charge < -0.3 is 19.2 Å². The minimum absolute atomic E-state index is 0.152. The summed E-state index contributed by atoms with van der Waals surface area (Å²) in [7, 11) is 0. The highest BCUT2D eigenvalue weighted by molar-refractivity contribution is 7.80. The highest BCUT2D eigenvalue weighted by Gasteiger charge is 2.29. The number of ether oxygens (including phenoxy) is 2. The molecule has 0 saturated carbocycles. The van der Waals surface area contributed by atoms with E-state index in [1.54, 1.807) is 12.1 Å². The molecule has 136 valence electrons. The largest absolute Gasteiger partial charge is 0.494 e. The summed E-state index contributed by atoms with van der Waals surface area (Å²) in [5.41, 5.74) is 0.408. The van der Waals surface area contributed by atoms with E-state index >= 15 is 0 Å². The quantitative estimate of drug-likeness (QED) is 0.594. The Labute approximate surface area is 157 Å². The minimum atomic E-state index is -0.152. The van der Waals surface area contributed by atoms with Crippen molar-refractivity contribution in [3.8, 4) is 11.5 Å². The molecular weight excluding hydrogens is 352 g/mol. The lowest BCUT2D eigenvalue weighted by Gasteiger charge is -2.08. The van der Waals surface area contributed by atoms with Crippen LogP contribution in [0.4, 0.5) is 0 Å². The van der Waals surface area contributed by atoms with Crippen LogP contribution in [-0.4, -0.2) is 29.1 Å². The van der Waals surface area contributed by atoms with Crippen molar-refractivity contribution in [2.45, 2.75) is 20.5 Å². The number of hydrogen-bond acceptors (Lipinski definition) is 5. The van der Waals surface area contributed by atoms with E-state index in [0.29, 0.717) is 35.5 Å². The van der Waals surface area contributed by atoms with Gasteiger partial charge in [-0.05, 0) is 62.5 Å². The Bertz CT molecular complexity index is 826. The molecule has 26 heavy (non-hydrogen) atoms. The molecular formula is C19H20N2O4S. The lowest BCUT2D eigenvalue weighted by Crippen LogP contribution is -2.30. The molecule has 0 aliphatic carbocycles. The second-order valence-corrected chi connectivity index (χ2v) is 5.92. The van der Waals surface area contributed by atoms with Gasteiger partial charge in [0.05, 0.1) is 6.61 Å². The lowest BCUT2D eigenvalue weighted by molar-refractivity contribution is -0.122. The van der Waals surface area contributed by atoms with E-state index in [2.05, 4.69) is 5.32 Å². The average Bonchev–Trinajstić information content (AvgIpc) is 3.19. The molecule has 0 atom stereocenters. The number of hydrogen-bond donors (Lipinski definition) is 1. The van der Waals surface area contributed by atoms with Crippen LogP contribution in [-0.2, 0) is 11.4 Å². The first kappa shape index (κ1) is 18.0. The highest BCUT2D eigenvalue weighted by atomic mass is 32.1. The molecule has 1 aliphatic heterocycles. The van der Waals surface area contributed by atoms with Gasteiger partial charge in [-0.25, -0.2) is 0 Å². The van der Waals surface area contributed by atoms with Crippen molar-refractivity contribution in [1.82, 2.24) is 10.2 Å². The molecule has 1 N–H and O–H groups in total. The maximum absolute atomic E-state index is 12.2. The average molecular weight is 372 g/mol. The number of furan rings is 1. The van der Waals surface area contributed by atoms with Crippen molar-refractivity contribution in [2.75, 3.05) is 13.2 Å². The number of thiocarbonyl (C=S) groups is 1. The van der Waals surface area contributed by atoms with E-state index in [0.717, 1.165) is 11.5 Å². The van der Waals surface area contributed by atoms with Gasteiger partial charge in [0.25, 0.3) is 5.91 Å². The molecule has 1 aliphatic rings. The van der Waals surface area contributed by atoms with E-state index in [1.807, 2.05) is 44.2 Å². The first-order valence-electron chi connectivity index (χ1n) is 8.39. The number of nitrogens with zero attached hydrogens (tertiary/aromatic N) is 1. The second-order valence-electron chi connectivity index (χ2n) is 5.53. The van der Waals surface area contributed by atoms with E-state index in [1.165, 1.54) is 4.90 Å². The van der Waals surface area contributed by atoms with Crippen LogP contribution in [0.5, 0.6) is 11.5 Å². The molecule has 2 heterocycles. The molecule has 1 saturated heterocycles. The Morgan fingerprint density at radius 2 is 1.81 bits per heavy atom. The van der Waals surface area contributed by atoms with Crippen LogP contribution < -0.4 is 14.8 Å². The smallest absolute Gasteiger partial charge is 0.276 e. The summed E-state index contributed by atoms with van der Waals surface area (Å²) in [6.07, 6.45) is 1.64. The Kier molecular flexibility index (Phi) is 5.58. The number of carbonyl (C=O) groups excluding carboxylic acids is 1. The zero-order chi connectivity index (χ0) is 18.5. The summed E-state index contributed by atoms with van der Waals surface area (Å²) in [5.74, 6) is 2.60. The number of benzene rings is 1. The molecule has 3 rings (SSSR count). The summed E-state index contributed by atoms with van der Waals surface area (Å²) in [5, 5.41) is 3.31. The number of carbonyl (C=O) groups is 1. The molecule has 0 bridgehead atoms. The number of amides is 1. The summed E-state index contributed by atoms with van der Waals surface area (Å²) < 4.78 is 16.8. The van der Waals surface area contributed by atoms with Crippen LogP contribution in [0.25, 0.3) is 6.08 Å². The van der Waals surface area contributed by atoms with Crippen LogP contribution in [0.3, 0.4) is 0 Å². The SMILES string of the molecule is CCOc1ccc(OCc2ccc(/C=C3/NC(=S)N(CC)C3=O)o2)cc1. The van der Waals surface area contributed by atoms with Gasteiger partial charge in [0, 0.05) is 12.6 Å². The van der Waals surface area contributed by atoms with Gasteiger partial charge in [0.2, 0.25) is 0 Å². The van der Waals surface area contributed by atoms with Crippen molar-refractivity contribution in [2.24, 2.45) is 0 Å². The molecule has 1 aromatic heterocycles. The first-order chi connectivity index (χ1) is 12.6. The van der Waals surface area contributed by atoms with Gasteiger partial charge in [0.1, 0.15) is 35.3 Å². The van der Waals surface area contributed by atoms with E-state index in [-0.39, 0.29) is 12.5 Å². The molecule has 0 radical (unpaired) electrons. The second kappa shape index (κ2) is 8.05. The Balaban J connectivity index is 1.61. The Morgan fingerprint density at radius 3 is 2.42 bits per heavy atom. The molecule has 7 heteroatoms. The lowest BCUT2D eigenvalue weighted by atomic mass is 10.3. The van der Waals surface area contributed by atoms with E-state index in [4.69, 9.17) is 26.1 Å². The van der Waals surface area contributed by atoms with Crippen LogP contribution in [0, 0.1) is 0 Å². The van der Waals surface area contributed by atoms with Gasteiger partial charge in [-0.2, -0.15) is 0 Å². The Hall–Kier alpha value is -2.80. The summed E-state index contributed by atoms with van der Waals surface area (Å²) in [6, 6.07) is 11.0. The predicted molar refractivity (Wildman–Crippen MR) is 102 cm³/mol. The Morgan fingerprint density at radius 1 is 1.12 bits per heavy atom. The van der Waals surface area contributed by atoms with Gasteiger partial charge in [-0.3, -0.25) is 9.69 Å². The fraction of sp³-hybridized carbons (Fsp3) is 0.263. The highest BCUT2D eigenvalue weighted by Crippen LogP contribution is 2.20. The summed E-state index contributed by atoms with van der Waals surface area (Å²) >= 11 is 5.13. The normalized spacial score (nSPS) is 15.5. The fourth-order valence-corrected chi connectivity index (χ4v) is 2.83. The standard InChI is InChI=1S/C19H20N2O4S/c1-3-21-18(22)17(20-19(21)26)11-15-9-10-16(25-15)12-24-14-7-5-13(6-8-14)23-4-2/h5-11H,3-4,12H2,1-2H3,(H,20,26)/b17-11+. The number of likely N-dealkylation sites (N-methyl/N-ethyl adjacent to an activating group) is 1. The summed E-state index contributed by atoms with van der Waals surface area (Å²) in [6.45, 7) is 5.26. The zero-order valence-electron chi connectivity index (χ0n) is 14.7. The van der Waals surface area contributed by atoms with Gasteiger partial charge in [-0.1, -0.05) is 0 Å². The molecule has 0 spiro atoms. The number of nitrogens with one attached hydrogen (secondary N) is 1. The maximum Gasteiger partial charge on any atom is 0.276 e. The fourth-order valence-electron chi connectivity index (χ4n) is 2.50. The van der Waals surface area contributed by atoms with Crippen molar-refractivity contribution >= 4 is 29.3 Å². The monoisotopic (exact) mass is 372 g/mol. The first-order valence-corrected chi connectivity index (χ1v) is 8.80. The molecule has 2 aromatic rings. The molecule has 0 unspecified atom stereocenters. The molecule has 1 amide bonds. The van der Waals surface area contributed by atoms with Crippen molar-refractivity contribution in [3.63, 3.8) is 0 Å².